The van der Waals surface area contributed by atoms with Gasteiger partial charge in [0.1, 0.15) is 17.4 Å². The van der Waals surface area contributed by atoms with Crippen LogP contribution in [0.2, 0.25) is 5.02 Å². The SMILES string of the molecule is C=CCN(C(=O)C1N(CCCCO)C(=O)[C@@H]2[C@H](C(=O)N(CC=C)c3ccc(OCC)cc3)[C@@]3(C)OC12CC3C)c1ccc(Cl)cc1. The van der Waals surface area contributed by atoms with Gasteiger partial charge in [0.25, 0.3) is 5.91 Å². The van der Waals surface area contributed by atoms with Crippen LogP contribution in [0.5, 0.6) is 5.75 Å². The molecule has 246 valence electrons. The van der Waals surface area contributed by atoms with Crippen molar-refractivity contribution in [2.75, 3.05) is 42.6 Å². The van der Waals surface area contributed by atoms with Gasteiger partial charge in [-0.1, -0.05) is 30.7 Å². The van der Waals surface area contributed by atoms with Crippen LogP contribution in [0.15, 0.2) is 73.8 Å². The van der Waals surface area contributed by atoms with Crippen LogP contribution in [-0.4, -0.2) is 77.8 Å². The van der Waals surface area contributed by atoms with E-state index in [-0.39, 0.29) is 49.9 Å². The summed E-state index contributed by atoms with van der Waals surface area (Å²) in [5.74, 6) is -1.95. The number of aliphatic hydroxyl groups is 1. The maximum Gasteiger partial charge on any atom is 0.253 e. The average molecular weight is 650 g/mol. The Kier molecular flexibility index (Phi) is 9.96. The smallest absolute Gasteiger partial charge is 0.253 e. The van der Waals surface area contributed by atoms with Crippen LogP contribution < -0.4 is 14.5 Å². The zero-order valence-corrected chi connectivity index (χ0v) is 27.6. The Morgan fingerprint density at radius 1 is 1.04 bits per heavy atom. The number of carbonyl (C=O) groups is 3. The van der Waals surface area contributed by atoms with Gasteiger partial charge in [-0.15, -0.1) is 13.2 Å². The monoisotopic (exact) mass is 649 g/mol. The molecule has 3 unspecified atom stereocenters. The minimum atomic E-state index is -1.22. The van der Waals surface area contributed by atoms with Gasteiger partial charge in [-0.25, -0.2) is 0 Å². The van der Waals surface area contributed by atoms with Gasteiger partial charge in [0.2, 0.25) is 11.8 Å². The maximum absolute atomic E-state index is 14.8. The second kappa shape index (κ2) is 13.6. The molecule has 2 aromatic carbocycles. The summed E-state index contributed by atoms with van der Waals surface area (Å²) >= 11 is 6.16. The molecule has 6 atom stereocenters. The van der Waals surface area contributed by atoms with E-state index >= 15 is 0 Å². The minimum absolute atomic E-state index is 0.0338. The molecular weight excluding hydrogens is 606 g/mol. The molecule has 46 heavy (non-hydrogen) atoms. The molecule has 3 aliphatic rings. The molecule has 2 bridgehead atoms. The van der Waals surface area contributed by atoms with Crippen molar-refractivity contribution in [1.82, 2.24) is 4.90 Å². The Morgan fingerprint density at radius 2 is 1.63 bits per heavy atom. The molecule has 1 spiro atoms. The van der Waals surface area contributed by atoms with E-state index in [0.717, 1.165) is 0 Å². The molecule has 3 fully saturated rings. The van der Waals surface area contributed by atoms with Gasteiger partial charge in [0, 0.05) is 42.6 Å². The van der Waals surface area contributed by atoms with Crippen LogP contribution in [0.1, 0.15) is 40.0 Å². The molecule has 3 amide bonds. The van der Waals surface area contributed by atoms with Crippen molar-refractivity contribution >= 4 is 40.7 Å². The van der Waals surface area contributed by atoms with Gasteiger partial charge < -0.3 is 29.3 Å². The summed E-state index contributed by atoms with van der Waals surface area (Å²) in [5.41, 5.74) is -0.934. The molecule has 0 saturated carbocycles. The van der Waals surface area contributed by atoms with Crippen molar-refractivity contribution in [3.8, 4) is 5.75 Å². The summed E-state index contributed by atoms with van der Waals surface area (Å²) in [7, 11) is 0. The summed E-state index contributed by atoms with van der Waals surface area (Å²) in [6, 6.07) is 13.3. The van der Waals surface area contributed by atoms with Crippen molar-refractivity contribution in [2.45, 2.75) is 57.3 Å². The minimum Gasteiger partial charge on any atom is -0.494 e. The number of ether oxygens (including phenoxy) is 2. The summed E-state index contributed by atoms with van der Waals surface area (Å²) < 4.78 is 12.6. The highest BCUT2D eigenvalue weighted by Gasteiger charge is 2.80. The lowest BCUT2D eigenvalue weighted by atomic mass is 9.62. The average Bonchev–Trinajstić information content (AvgIpc) is 3.55. The van der Waals surface area contributed by atoms with Crippen LogP contribution in [0, 0.1) is 17.8 Å². The van der Waals surface area contributed by atoms with Gasteiger partial charge in [0.05, 0.1) is 24.0 Å². The molecule has 5 rings (SSSR count). The Balaban J connectivity index is 1.58. The number of hydrogen-bond donors (Lipinski definition) is 1. The van der Waals surface area contributed by atoms with Crippen LogP contribution in [0.3, 0.4) is 0 Å². The summed E-state index contributed by atoms with van der Waals surface area (Å²) in [4.78, 5) is 49.0. The molecule has 10 heteroatoms. The van der Waals surface area contributed by atoms with E-state index in [9.17, 15) is 19.5 Å². The first-order valence-electron chi connectivity index (χ1n) is 16.0. The Hall–Kier alpha value is -3.66. The third-order valence-electron chi connectivity index (χ3n) is 9.87. The predicted octanol–water partition coefficient (Wildman–Crippen LogP) is 5.26. The highest BCUT2D eigenvalue weighted by Crippen LogP contribution is 2.65. The van der Waals surface area contributed by atoms with Crippen molar-refractivity contribution in [3.63, 3.8) is 0 Å². The zero-order chi connectivity index (χ0) is 33.2. The number of amides is 3. The number of likely N-dealkylation sites (tertiary alicyclic amines) is 1. The number of rotatable bonds is 14. The zero-order valence-electron chi connectivity index (χ0n) is 26.9. The number of unbranched alkanes of at least 4 members (excludes halogenated alkanes) is 1. The molecule has 3 aliphatic heterocycles. The van der Waals surface area contributed by atoms with E-state index in [2.05, 4.69) is 13.2 Å². The first kappa shape index (κ1) is 33.7. The van der Waals surface area contributed by atoms with Crippen LogP contribution in [0.25, 0.3) is 0 Å². The molecule has 9 nitrogen and oxygen atoms in total. The summed E-state index contributed by atoms with van der Waals surface area (Å²) in [6.45, 7) is 14.8. The van der Waals surface area contributed by atoms with E-state index in [1.165, 1.54) is 0 Å². The third-order valence-corrected chi connectivity index (χ3v) is 10.1. The van der Waals surface area contributed by atoms with Gasteiger partial charge in [-0.05, 0) is 87.6 Å². The van der Waals surface area contributed by atoms with E-state index in [4.69, 9.17) is 21.1 Å². The number of halogens is 1. The Bertz CT molecular complexity index is 1470. The van der Waals surface area contributed by atoms with Gasteiger partial charge >= 0.3 is 0 Å². The van der Waals surface area contributed by atoms with Crippen molar-refractivity contribution in [2.24, 2.45) is 17.8 Å². The number of carbonyl (C=O) groups excluding carboxylic acids is 3. The topological polar surface area (TPSA) is 99.6 Å². The summed E-state index contributed by atoms with van der Waals surface area (Å²) in [6.07, 6.45) is 4.72. The van der Waals surface area contributed by atoms with Gasteiger partial charge in [-0.2, -0.15) is 0 Å². The standard InChI is InChI=1S/C36H44ClN3O6/c1-6-19-38(27-15-17-28(18-16-27)45-8-3)32(42)29-30-33(43)40(21-9-10-22-41)31(36(30)23-24(4)35(29,5)46-36)34(44)39(20-7-2)26-13-11-25(37)12-14-26/h6-7,11-18,24,29-31,41H,1-2,8-10,19-23H2,3-5H3/t24?,29-,30+,31?,35+,36?/m1/s1. The lowest BCUT2D eigenvalue weighted by Crippen LogP contribution is -2.57. The number of fused-ring (bicyclic) bond motifs is 1. The van der Waals surface area contributed by atoms with Crippen LogP contribution in [0.4, 0.5) is 11.4 Å². The largest absolute Gasteiger partial charge is 0.494 e. The third kappa shape index (κ3) is 5.63. The maximum atomic E-state index is 14.8. The molecular formula is C36H44ClN3O6. The first-order chi connectivity index (χ1) is 22.1. The second-order valence-corrected chi connectivity index (χ2v) is 13.0. The number of anilines is 2. The Morgan fingerprint density at radius 3 is 2.20 bits per heavy atom. The van der Waals surface area contributed by atoms with E-state index < -0.39 is 29.1 Å². The molecule has 3 heterocycles. The highest BCUT2D eigenvalue weighted by atomic mass is 35.5. The fraction of sp³-hybridized carbons (Fsp3) is 0.472. The molecule has 2 aromatic rings. The molecule has 0 aromatic heterocycles. The molecule has 0 aliphatic carbocycles. The number of nitrogens with zero attached hydrogens (tertiary/aromatic N) is 3. The van der Waals surface area contributed by atoms with Crippen molar-refractivity contribution in [1.29, 1.82) is 0 Å². The number of benzene rings is 2. The quantitative estimate of drug-likeness (QED) is 0.221. The Labute approximate surface area is 276 Å². The molecule has 0 radical (unpaired) electrons. The number of hydrogen-bond acceptors (Lipinski definition) is 6. The van der Waals surface area contributed by atoms with E-state index in [1.54, 1.807) is 51.1 Å². The second-order valence-electron chi connectivity index (χ2n) is 12.5. The van der Waals surface area contributed by atoms with Gasteiger partial charge in [-0.3, -0.25) is 14.4 Å². The van der Waals surface area contributed by atoms with E-state index in [1.807, 2.05) is 45.0 Å². The molecule has 3 saturated heterocycles. The summed E-state index contributed by atoms with van der Waals surface area (Å²) in [5, 5.41) is 10.1. The highest BCUT2D eigenvalue weighted by molar-refractivity contribution is 6.30. The molecule has 1 N–H and O–H groups in total. The van der Waals surface area contributed by atoms with Crippen molar-refractivity contribution in [3.05, 3.63) is 78.9 Å². The lowest BCUT2D eigenvalue weighted by Gasteiger charge is -2.39. The first-order valence-corrected chi connectivity index (χ1v) is 16.4. The van der Waals surface area contributed by atoms with Crippen LogP contribution in [-0.2, 0) is 19.1 Å². The number of aliphatic hydroxyl groups excluding tert-OH is 1. The lowest BCUT2D eigenvalue weighted by molar-refractivity contribution is -0.145. The fourth-order valence-corrected chi connectivity index (χ4v) is 7.88. The fourth-order valence-electron chi connectivity index (χ4n) is 7.76. The van der Waals surface area contributed by atoms with Crippen LogP contribution >= 0.6 is 11.6 Å². The predicted molar refractivity (Wildman–Crippen MR) is 179 cm³/mol. The van der Waals surface area contributed by atoms with Gasteiger partial charge in [0.15, 0.2) is 0 Å². The van der Waals surface area contributed by atoms with Crippen molar-refractivity contribution < 1.29 is 29.0 Å². The van der Waals surface area contributed by atoms with E-state index in [0.29, 0.717) is 48.0 Å². The normalized spacial score (nSPS) is 27.8.